The first-order valence-corrected chi connectivity index (χ1v) is 23.2. The molecule has 2 nitrogen and oxygen atoms in total. The van der Waals surface area contributed by atoms with Crippen molar-refractivity contribution in [2.45, 2.75) is 5.41 Å². The van der Waals surface area contributed by atoms with E-state index in [0.717, 1.165) is 61.1 Å². The van der Waals surface area contributed by atoms with Gasteiger partial charge in [0.25, 0.3) is 0 Å². The van der Waals surface area contributed by atoms with E-state index in [1.54, 1.807) is 0 Å². The molecule has 1 heterocycles. The van der Waals surface area contributed by atoms with Crippen molar-refractivity contribution in [3.8, 4) is 55.6 Å². The third-order valence-corrected chi connectivity index (χ3v) is 14.5. The fraction of sp³-hybridized carbons (Fsp3) is 0.0154. The predicted molar refractivity (Wildman–Crippen MR) is 279 cm³/mol. The number of rotatable bonds is 6. The van der Waals surface area contributed by atoms with Crippen molar-refractivity contribution in [1.29, 1.82) is 0 Å². The van der Waals surface area contributed by atoms with Crippen LogP contribution in [0.2, 0.25) is 0 Å². The number of fused-ring (bicyclic) bond motifs is 15. The van der Waals surface area contributed by atoms with E-state index >= 15 is 0 Å². The Hall–Kier alpha value is -8.72. The lowest BCUT2D eigenvalue weighted by molar-refractivity contribution is 0.674. The van der Waals surface area contributed by atoms with E-state index in [2.05, 4.69) is 254 Å². The molecule has 0 saturated heterocycles. The molecule has 0 unspecified atom stereocenters. The van der Waals surface area contributed by atoms with Crippen LogP contribution in [-0.4, -0.2) is 0 Å². The van der Waals surface area contributed by atoms with Crippen LogP contribution in [0.15, 0.2) is 253 Å². The van der Waals surface area contributed by atoms with E-state index in [1.807, 2.05) is 0 Å². The van der Waals surface area contributed by atoms with E-state index in [0.29, 0.717) is 0 Å². The summed E-state index contributed by atoms with van der Waals surface area (Å²) in [5, 5.41) is 4.52. The summed E-state index contributed by atoms with van der Waals surface area (Å²) in [5.74, 6) is 0. The van der Waals surface area contributed by atoms with Crippen molar-refractivity contribution in [1.82, 2.24) is 0 Å². The summed E-state index contributed by atoms with van der Waals surface area (Å²) < 4.78 is 7.04. The Morgan fingerprint density at radius 2 is 0.806 bits per heavy atom. The highest BCUT2D eigenvalue weighted by molar-refractivity contribution is 6.18. The average molecular weight is 852 g/mol. The van der Waals surface area contributed by atoms with E-state index in [-0.39, 0.29) is 0 Å². The minimum absolute atomic E-state index is 0.476. The van der Waals surface area contributed by atoms with Gasteiger partial charge >= 0.3 is 0 Å². The van der Waals surface area contributed by atoms with E-state index < -0.39 is 5.41 Å². The molecule has 14 rings (SSSR count). The molecule has 67 heavy (non-hydrogen) atoms. The molecule has 0 aliphatic heterocycles. The largest absolute Gasteiger partial charge is 0.455 e. The van der Waals surface area contributed by atoms with E-state index in [1.165, 1.54) is 66.6 Å². The van der Waals surface area contributed by atoms with Crippen molar-refractivity contribution in [2.24, 2.45) is 0 Å². The van der Waals surface area contributed by atoms with E-state index in [9.17, 15) is 0 Å². The predicted octanol–water partition coefficient (Wildman–Crippen LogP) is 17.6. The van der Waals surface area contributed by atoms with Crippen LogP contribution >= 0.6 is 0 Å². The van der Waals surface area contributed by atoms with Gasteiger partial charge in [0, 0.05) is 38.5 Å². The second kappa shape index (κ2) is 14.7. The average Bonchev–Trinajstić information content (AvgIpc) is 4.05. The summed E-state index contributed by atoms with van der Waals surface area (Å²) in [4.78, 5) is 2.50. The molecule has 1 aromatic heterocycles. The SMILES string of the molecule is c1ccc(-c2cccc(-c3ccc(N(c4ccccc4-c4cccc5c4oc4c6ccccc6ccc54)c4cccc5c4-c4ccccc4C54c5ccccc5-c5ccccc54)cc3)c2)cc1. The van der Waals surface area contributed by atoms with Crippen molar-refractivity contribution in [2.75, 3.05) is 4.90 Å². The monoisotopic (exact) mass is 851 g/mol. The molecule has 312 valence electrons. The quantitative estimate of drug-likeness (QED) is 0.166. The van der Waals surface area contributed by atoms with Crippen LogP contribution in [0.4, 0.5) is 17.1 Å². The highest BCUT2D eigenvalue weighted by atomic mass is 16.3. The Morgan fingerprint density at radius 1 is 0.299 bits per heavy atom. The van der Waals surface area contributed by atoms with Crippen LogP contribution < -0.4 is 4.90 Å². The zero-order chi connectivity index (χ0) is 44.1. The van der Waals surface area contributed by atoms with Gasteiger partial charge < -0.3 is 9.32 Å². The highest BCUT2D eigenvalue weighted by Gasteiger charge is 2.52. The van der Waals surface area contributed by atoms with Gasteiger partial charge in [-0.15, -0.1) is 0 Å². The molecule has 0 saturated carbocycles. The van der Waals surface area contributed by atoms with Crippen LogP contribution in [-0.2, 0) is 5.41 Å². The number of para-hydroxylation sites is 2. The molecule has 1 spiro atoms. The number of anilines is 3. The van der Waals surface area contributed by atoms with Gasteiger partial charge in [-0.1, -0.05) is 212 Å². The molecule has 0 fully saturated rings. The minimum atomic E-state index is -0.476. The second-order valence-electron chi connectivity index (χ2n) is 17.9. The number of hydrogen-bond donors (Lipinski definition) is 0. The third kappa shape index (κ3) is 5.45. The standard InChI is InChI=1S/C65H41NO/c1-2-17-42(18-3-1)45-20-14-21-46(41-45)43-35-38-47(39-36-43)66(60-33-13-9-25-51(60)52-27-15-28-53-54-40-37-44-19-4-5-22-48(44)63(54)67-64(52)53)61-34-16-32-59-62(61)55-26-8-12-31-58(55)65(59)56-29-10-6-23-49(56)50-24-7-11-30-57(50)65/h1-41H. The Labute approximate surface area is 389 Å². The van der Waals surface area contributed by atoms with Crippen LogP contribution in [0.5, 0.6) is 0 Å². The maximum atomic E-state index is 7.04. The summed E-state index contributed by atoms with van der Waals surface area (Å²) in [7, 11) is 0. The lowest BCUT2D eigenvalue weighted by Gasteiger charge is -2.32. The van der Waals surface area contributed by atoms with Gasteiger partial charge in [0.15, 0.2) is 0 Å². The van der Waals surface area contributed by atoms with Crippen molar-refractivity contribution in [3.05, 3.63) is 271 Å². The molecule has 0 amide bonds. The maximum absolute atomic E-state index is 7.04. The van der Waals surface area contributed by atoms with Crippen LogP contribution in [0, 0.1) is 0 Å². The van der Waals surface area contributed by atoms with Crippen molar-refractivity contribution >= 4 is 49.8 Å². The van der Waals surface area contributed by atoms with E-state index in [4.69, 9.17) is 4.42 Å². The molecular formula is C65H41NO. The Morgan fingerprint density at radius 3 is 1.57 bits per heavy atom. The molecule has 12 aromatic rings. The number of benzene rings is 11. The molecule has 0 bridgehead atoms. The molecule has 0 radical (unpaired) electrons. The summed E-state index contributed by atoms with van der Waals surface area (Å²) in [6.45, 7) is 0. The van der Waals surface area contributed by atoms with Gasteiger partial charge in [0.1, 0.15) is 11.2 Å². The molecule has 11 aromatic carbocycles. The van der Waals surface area contributed by atoms with Crippen LogP contribution in [0.1, 0.15) is 22.3 Å². The number of furan rings is 1. The molecule has 0 atom stereocenters. The van der Waals surface area contributed by atoms with Gasteiger partial charge in [-0.05, 0) is 103 Å². The zero-order valence-corrected chi connectivity index (χ0v) is 36.5. The molecule has 2 aliphatic rings. The molecule has 2 heteroatoms. The first-order chi connectivity index (χ1) is 33.3. The van der Waals surface area contributed by atoms with Crippen LogP contribution in [0.3, 0.4) is 0 Å². The lowest BCUT2D eigenvalue weighted by Crippen LogP contribution is -2.26. The fourth-order valence-corrected chi connectivity index (χ4v) is 11.7. The summed E-state index contributed by atoms with van der Waals surface area (Å²) in [5.41, 5.74) is 21.8. The van der Waals surface area contributed by atoms with Gasteiger partial charge in [0.05, 0.1) is 16.8 Å². The lowest BCUT2D eigenvalue weighted by atomic mass is 9.70. The highest BCUT2D eigenvalue weighted by Crippen LogP contribution is 2.65. The number of hydrogen-bond acceptors (Lipinski definition) is 2. The Kier molecular flexibility index (Phi) is 8.23. The summed E-state index contributed by atoms with van der Waals surface area (Å²) in [6, 6.07) is 91.2. The van der Waals surface area contributed by atoms with Gasteiger partial charge in [0.2, 0.25) is 0 Å². The molecule has 0 N–H and O–H groups in total. The Balaban J connectivity index is 1.02. The topological polar surface area (TPSA) is 16.4 Å². The van der Waals surface area contributed by atoms with Gasteiger partial charge in [-0.3, -0.25) is 0 Å². The summed E-state index contributed by atoms with van der Waals surface area (Å²) >= 11 is 0. The van der Waals surface area contributed by atoms with Gasteiger partial charge in [-0.2, -0.15) is 0 Å². The first kappa shape index (κ1) is 37.6. The normalized spacial score (nSPS) is 12.9. The van der Waals surface area contributed by atoms with Crippen molar-refractivity contribution < 1.29 is 4.42 Å². The van der Waals surface area contributed by atoms with Crippen LogP contribution in [0.25, 0.3) is 88.3 Å². The van der Waals surface area contributed by atoms with Gasteiger partial charge in [-0.25, -0.2) is 0 Å². The molecular weight excluding hydrogens is 811 g/mol. The zero-order valence-electron chi connectivity index (χ0n) is 36.5. The van der Waals surface area contributed by atoms with Crippen molar-refractivity contribution in [3.63, 3.8) is 0 Å². The smallest absolute Gasteiger partial charge is 0.143 e. The first-order valence-electron chi connectivity index (χ1n) is 23.2. The number of nitrogens with zero attached hydrogens (tertiary/aromatic N) is 1. The molecule has 2 aliphatic carbocycles. The Bertz CT molecular complexity index is 3890. The fourth-order valence-electron chi connectivity index (χ4n) is 11.7. The minimum Gasteiger partial charge on any atom is -0.455 e. The second-order valence-corrected chi connectivity index (χ2v) is 17.9. The third-order valence-electron chi connectivity index (χ3n) is 14.5. The summed E-state index contributed by atoms with van der Waals surface area (Å²) in [6.07, 6.45) is 0. The maximum Gasteiger partial charge on any atom is 0.143 e.